The minimum atomic E-state index is -0.816. The van der Waals surface area contributed by atoms with Crippen molar-refractivity contribution in [2.75, 3.05) is 14.2 Å². The van der Waals surface area contributed by atoms with Gasteiger partial charge in [-0.1, -0.05) is 18.2 Å². The summed E-state index contributed by atoms with van der Waals surface area (Å²) >= 11 is 0. The molecule has 0 saturated heterocycles. The molecular weight excluding hydrogens is 296 g/mol. The Hall–Kier alpha value is -2.89. The van der Waals surface area contributed by atoms with Crippen molar-refractivity contribution in [1.82, 2.24) is 10.3 Å². The lowest BCUT2D eigenvalue weighted by Gasteiger charge is -2.18. The molecule has 0 bridgehead atoms. The zero-order valence-electron chi connectivity index (χ0n) is 13.0. The molecule has 0 spiro atoms. The maximum Gasteiger partial charge on any atom is 0.328 e. The van der Waals surface area contributed by atoms with Crippen molar-refractivity contribution in [2.24, 2.45) is 0 Å². The van der Waals surface area contributed by atoms with Crippen LogP contribution in [0.25, 0.3) is 0 Å². The van der Waals surface area contributed by atoms with Crippen molar-refractivity contribution in [2.45, 2.75) is 12.5 Å². The number of benzene rings is 1. The molecule has 0 radical (unpaired) electrons. The highest BCUT2D eigenvalue weighted by molar-refractivity contribution is 5.96. The number of para-hydroxylation sites is 1. The van der Waals surface area contributed by atoms with Gasteiger partial charge in [-0.25, -0.2) is 4.79 Å². The van der Waals surface area contributed by atoms with Crippen LogP contribution in [0, 0.1) is 0 Å². The zero-order chi connectivity index (χ0) is 16.7. The largest absolute Gasteiger partial charge is 0.496 e. The van der Waals surface area contributed by atoms with Crippen LogP contribution in [-0.2, 0) is 16.0 Å². The Morgan fingerprint density at radius 3 is 2.61 bits per heavy atom. The van der Waals surface area contributed by atoms with E-state index in [1.165, 1.54) is 13.3 Å². The predicted molar refractivity (Wildman–Crippen MR) is 84.2 cm³/mol. The highest BCUT2D eigenvalue weighted by Gasteiger charge is 2.23. The van der Waals surface area contributed by atoms with Gasteiger partial charge in [-0.3, -0.25) is 9.78 Å². The van der Waals surface area contributed by atoms with Crippen LogP contribution in [-0.4, -0.2) is 37.1 Å². The molecule has 0 unspecified atom stereocenters. The molecule has 1 aromatic heterocycles. The van der Waals surface area contributed by atoms with E-state index in [4.69, 9.17) is 9.47 Å². The summed E-state index contributed by atoms with van der Waals surface area (Å²) in [6, 6.07) is 9.78. The lowest BCUT2D eigenvalue weighted by Crippen LogP contribution is -2.43. The summed E-state index contributed by atoms with van der Waals surface area (Å²) in [5.74, 6) is -0.256. The van der Waals surface area contributed by atoms with Crippen LogP contribution in [0.15, 0.2) is 48.8 Å². The second kappa shape index (κ2) is 7.93. The standard InChI is InChI=1S/C17H18N2O4/c1-22-15-8-4-3-6-12(15)10-14(17(21)23-2)19-16(20)13-7-5-9-18-11-13/h3-9,11,14H,10H2,1-2H3,(H,19,20)/t14-/m1/s1. The molecule has 0 aliphatic rings. The first-order valence-corrected chi connectivity index (χ1v) is 7.06. The van der Waals surface area contributed by atoms with Crippen molar-refractivity contribution >= 4 is 11.9 Å². The Morgan fingerprint density at radius 1 is 1.17 bits per heavy atom. The predicted octanol–water partition coefficient (Wildman–Crippen LogP) is 1.60. The first-order valence-electron chi connectivity index (χ1n) is 7.06. The van der Waals surface area contributed by atoms with Crippen LogP contribution in [0.2, 0.25) is 0 Å². The average molecular weight is 314 g/mol. The Labute approximate surface area is 134 Å². The van der Waals surface area contributed by atoms with E-state index in [2.05, 4.69) is 10.3 Å². The Kier molecular flexibility index (Phi) is 5.68. The molecule has 1 amide bonds. The number of aromatic nitrogens is 1. The first kappa shape index (κ1) is 16.5. The SMILES string of the molecule is COC(=O)[C@@H](Cc1ccccc1OC)NC(=O)c1cccnc1. The molecule has 0 fully saturated rings. The minimum Gasteiger partial charge on any atom is -0.496 e. The summed E-state index contributed by atoms with van der Waals surface area (Å²) in [5, 5.41) is 2.67. The quantitative estimate of drug-likeness (QED) is 0.820. The van der Waals surface area contributed by atoms with Crippen LogP contribution in [0.3, 0.4) is 0 Å². The van der Waals surface area contributed by atoms with Crippen LogP contribution >= 0.6 is 0 Å². The monoisotopic (exact) mass is 314 g/mol. The van der Waals surface area contributed by atoms with Crippen molar-refractivity contribution in [1.29, 1.82) is 0 Å². The van der Waals surface area contributed by atoms with Gasteiger partial charge in [0.05, 0.1) is 19.8 Å². The Bertz CT molecular complexity index is 673. The van der Waals surface area contributed by atoms with Gasteiger partial charge in [0.1, 0.15) is 11.8 Å². The third kappa shape index (κ3) is 4.29. The highest BCUT2D eigenvalue weighted by Crippen LogP contribution is 2.19. The van der Waals surface area contributed by atoms with Crippen LogP contribution in [0.1, 0.15) is 15.9 Å². The number of hydrogen-bond acceptors (Lipinski definition) is 5. The van der Waals surface area contributed by atoms with E-state index >= 15 is 0 Å². The average Bonchev–Trinajstić information content (AvgIpc) is 2.61. The van der Waals surface area contributed by atoms with Gasteiger partial charge in [0.2, 0.25) is 0 Å². The minimum absolute atomic E-state index is 0.267. The Morgan fingerprint density at radius 2 is 1.96 bits per heavy atom. The van der Waals surface area contributed by atoms with Gasteiger partial charge < -0.3 is 14.8 Å². The molecule has 23 heavy (non-hydrogen) atoms. The van der Waals surface area contributed by atoms with E-state index < -0.39 is 12.0 Å². The number of hydrogen-bond donors (Lipinski definition) is 1. The molecule has 1 atom stereocenters. The maximum absolute atomic E-state index is 12.2. The summed E-state index contributed by atoms with van der Waals surface area (Å²) < 4.78 is 10.1. The van der Waals surface area contributed by atoms with Gasteiger partial charge in [-0.2, -0.15) is 0 Å². The van der Waals surface area contributed by atoms with Gasteiger partial charge in [-0.15, -0.1) is 0 Å². The molecular formula is C17H18N2O4. The number of nitrogens with zero attached hydrogens (tertiary/aromatic N) is 1. The molecule has 6 heteroatoms. The topological polar surface area (TPSA) is 77.5 Å². The van der Waals surface area contributed by atoms with Crippen molar-refractivity contribution in [3.05, 3.63) is 59.9 Å². The van der Waals surface area contributed by atoms with Crippen molar-refractivity contribution in [3.63, 3.8) is 0 Å². The number of rotatable bonds is 6. The molecule has 120 valence electrons. The molecule has 0 saturated carbocycles. The zero-order valence-corrected chi connectivity index (χ0v) is 13.0. The van der Waals surface area contributed by atoms with E-state index in [1.54, 1.807) is 31.5 Å². The van der Waals surface area contributed by atoms with E-state index in [9.17, 15) is 9.59 Å². The van der Waals surface area contributed by atoms with Gasteiger partial charge in [-0.05, 0) is 23.8 Å². The molecule has 0 aliphatic heterocycles. The third-order valence-corrected chi connectivity index (χ3v) is 3.33. The van der Waals surface area contributed by atoms with Crippen molar-refractivity contribution < 1.29 is 19.1 Å². The third-order valence-electron chi connectivity index (χ3n) is 3.33. The summed E-state index contributed by atoms with van der Waals surface area (Å²) in [6.45, 7) is 0. The number of carbonyl (C=O) groups excluding carboxylic acids is 2. The second-order valence-corrected chi connectivity index (χ2v) is 4.81. The number of esters is 1. The molecule has 0 aliphatic carbocycles. The highest BCUT2D eigenvalue weighted by atomic mass is 16.5. The van der Waals surface area contributed by atoms with Gasteiger partial charge in [0.25, 0.3) is 5.91 Å². The lowest BCUT2D eigenvalue weighted by atomic mass is 10.0. The Balaban J connectivity index is 2.17. The summed E-state index contributed by atoms with van der Waals surface area (Å²) in [5.41, 5.74) is 1.18. The smallest absolute Gasteiger partial charge is 0.328 e. The molecule has 1 heterocycles. The van der Waals surface area contributed by atoms with Crippen LogP contribution in [0.5, 0.6) is 5.75 Å². The molecule has 2 aromatic rings. The molecule has 1 N–H and O–H groups in total. The number of amides is 1. The number of carbonyl (C=O) groups is 2. The summed E-state index contributed by atoms with van der Waals surface area (Å²) in [7, 11) is 2.84. The number of nitrogens with one attached hydrogen (secondary N) is 1. The number of pyridine rings is 1. The van der Waals surface area contributed by atoms with Crippen LogP contribution in [0.4, 0.5) is 0 Å². The fourth-order valence-corrected chi connectivity index (χ4v) is 2.17. The normalized spacial score (nSPS) is 11.4. The summed E-state index contributed by atoms with van der Waals surface area (Å²) in [4.78, 5) is 28.1. The molecule has 1 aromatic carbocycles. The maximum atomic E-state index is 12.2. The molecule has 2 rings (SSSR count). The van der Waals surface area contributed by atoms with E-state index in [-0.39, 0.29) is 12.3 Å². The van der Waals surface area contributed by atoms with E-state index in [1.807, 2.05) is 18.2 Å². The van der Waals surface area contributed by atoms with Crippen LogP contribution < -0.4 is 10.1 Å². The second-order valence-electron chi connectivity index (χ2n) is 4.81. The molecule has 6 nitrogen and oxygen atoms in total. The summed E-state index contributed by atoms with van der Waals surface area (Å²) in [6.07, 6.45) is 3.28. The fourth-order valence-electron chi connectivity index (χ4n) is 2.17. The van der Waals surface area contributed by atoms with Gasteiger partial charge >= 0.3 is 5.97 Å². The fraction of sp³-hybridized carbons (Fsp3) is 0.235. The number of ether oxygens (including phenoxy) is 2. The van der Waals surface area contributed by atoms with E-state index in [0.717, 1.165) is 5.56 Å². The van der Waals surface area contributed by atoms with Crippen molar-refractivity contribution in [3.8, 4) is 5.75 Å². The van der Waals surface area contributed by atoms with Gasteiger partial charge in [0, 0.05) is 18.8 Å². The first-order chi connectivity index (χ1) is 11.2. The van der Waals surface area contributed by atoms with E-state index in [0.29, 0.717) is 11.3 Å². The number of methoxy groups -OCH3 is 2. The van der Waals surface area contributed by atoms with Gasteiger partial charge in [0.15, 0.2) is 0 Å². The lowest BCUT2D eigenvalue weighted by molar-refractivity contribution is -0.142.